The Labute approximate surface area is 222 Å². The highest BCUT2D eigenvalue weighted by atomic mass is 19.1. The van der Waals surface area contributed by atoms with Gasteiger partial charge in [0.1, 0.15) is 28.9 Å². The zero-order valence-corrected chi connectivity index (χ0v) is 22.1. The summed E-state index contributed by atoms with van der Waals surface area (Å²) in [5.74, 6) is -2.81. The molecule has 0 saturated heterocycles. The van der Waals surface area contributed by atoms with Crippen LogP contribution in [0.5, 0.6) is 11.5 Å². The van der Waals surface area contributed by atoms with Crippen molar-refractivity contribution in [1.82, 2.24) is 24.5 Å². The lowest BCUT2D eigenvalue weighted by Gasteiger charge is -2.21. The lowest BCUT2D eigenvalue weighted by molar-refractivity contribution is 0.0688. The summed E-state index contributed by atoms with van der Waals surface area (Å²) >= 11 is 0. The fourth-order valence-electron chi connectivity index (χ4n) is 4.01. The molecule has 4 rings (SSSR count). The Kier molecular flexibility index (Phi) is 7.42. The van der Waals surface area contributed by atoms with E-state index >= 15 is 4.39 Å². The minimum absolute atomic E-state index is 0.0350. The van der Waals surface area contributed by atoms with Crippen molar-refractivity contribution in [3.8, 4) is 28.6 Å². The molecule has 0 aliphatic rings. The van der Waals surface area contributed by atoms with Crippen LogP contribution in [-0.4, -0.2) is 36.7 Å². The number of nitrogens with zero attached hydrogens (tertiary/aromatic N) is 5. The van der Waals surface area contributed by atoms with Crippen LogP contribution in [0.4, 0.5) is 13.2 Å². The molecule has 204 valence electrons. The Hall–Kier alpha value is -4.32. The van der Waals surface area contributed by atoms with E-state index in [2.05, 4.69) is 19.9 Å². The van der Waals surface area contributed by atoms with Crippen LogP contribution in [-0.2, 0) is 5.60 Å². The van der Waals surface area contributed by atoms with E-state index in [1.54, 1.807) is 13.8 Å². The first-order valence-electron chi connectivity index (χ1n) is 11.8. The summed E-state index contributed by atoms with van der Waals surface area (Å²) in [7, 11) is 1.24. The first-order chi connectivity index (χ1) is 18.3. The highest BCUT2D eigenvalue weighted by molar-refractivity contribution is 5.61. The number of ether oxygens (including phenoxy) is 2. The molecule has 0 aliphatic carbocycles. The van der Waals surface area contributed by atoms with Crippen molar-refractivity contribution in [1.29, 1.82) is 0 Å². The number of aryl methyl sites for hydroxylation is 2. The van der Waals surface area contributed by atoms with E-state index in [0.29, 0.717) is 11.6 Å². The van der Waals surface area contributed by atoms with E-state index in [9.17, 15) is 18.7 Å². The first kappa shape index (κ1) is 27.7. The van der Waals surface area contributed by atoms with Crippen LogP contribution in [0, 0.1) is 31.3 Å². The van der Waals surface area contributed by atoms with Crippen LogP contribution in [0.25, 0.3) is 17.1 Å². The van der Waals surface area contributed by atoms with E-state index in [0.717, 1.165) is 10.8 Å². The molecule has 0 bridgehead atoms. The number of hydrogen-bond donors (Lipinski definition) is 1. The molecule has 4 aromatic heterocycles. The van der Waals surface area contributed by atoms with Crippen molar-refractivity contribution in [2.24, 2.45) is 0 Å². The maximum atomic E-state index is 16.0. The minimum Gasteiger partial charge on any atom is -0.488 e. The van der Waals surface area contributed by atoms with Gasteiger partial charge in [0.2, 0.25) is 5.75 Å². The number of rotatable bonds is 7. The quantitative estimate of drug-likeness (QED) is 0.364. The summed E-state index contributed by atoms with van der Waals surface area (Å²) < 4.78 is 55.8. The molecule has 0 aromatic carbocycles. The predicted octanol–water partition coefficient (Wildman–Crippen LogP) is 4.49. The molecule has 1 unspecified atom stereocenters. The monoisotopic (exact) mass is 541 g/mol. The van der Waals surface area contributed by atoms with Gasteiger partial charge in [0.15, 0.2) is 23.2 Å². The highest BCUT2D eigenvalue weighted by Gasteiger charge is 2.26. The molecular formula is C27H26F3N5O4. The third kappa shape index (κ3) is 5.32. The second-order valence-electron chi connectivity index (χ2n) is 9.38. The molecule has 0 saturated carbocycles. The molecule has 12 heteroatoms. The van der Waals surface area contributed by atoms with E-state index in [1.807, 2.05) is 0 Å². The topological polar surface area (TPSA) is 112 Å². The Morgan fingerprint density at radius 1 is 1.08 bits per heavy atom. The van der Waals surface area contributed by atoms with E-state index < -0.39 is 34.7 Å². The van der Waals surface area contributed by atoms with Crippen LogP contribution in [0.15, 0.2) is 41.6 Å². The Bertz CT molecular complexity index is 1620. The van der Waals surface area contributed by atoms with Gasteiger partial charge in [0.25, 0.3) is 0 Å². The SMILES string of the molecule is COc1c(OC(C)c2ncc(F)cc2F)cc(C)n(-c2c(C)cnc(-c3ccnc(C(C)(C)O)n3)c2F)c1=O. The largest absolute Gasteiger partial charge is 0.488 e. The zero-order chi connectivity index (χ0) is 28.6. The minimum atomic E-state index is -1.37. The lowest BCUT2D eigenvalue weighted by Crippen LogP contribution is -2.25. The van der Waals surface area contributed by atoms with Crippen LogP contribution in [0.3, 0.4) is 0 Å². The summed E-state index contributed by atoms with van der Waals surface area (Å²) in [5, 5.41) is 10.3. The summed E-state index contributed by atoms with van der Waals surface area (Å²) in [6.07, 6.45) is 2.62. The van der Waals surface area contributed by atoms with Gasteiger partial charge >= 0.3 is 5.56 Å². The van der Waals surface area contributed by atoms with E-state index in [-0.39, 0.29) is 45.8 Å². The first-order valence-corrected chi connectivity index (χ1v) is 11.8. The average Bonchev–Trinajstić information content (AvgIpc) is 2.85. The van der Waals surface area contributed by atoms with Gasteiger partial charge in [-0.25, -0.2) is 23.1 Å². The lowest BCUT2D eigenvalue weighted by atomic mass is 10.1. The molecule has 4 aromatic rings. The molecule has 0 spiro atoms. The number of aliphatic hydroxyl groups is 1. The molecule has 39 heavy (non-hydrogen) atoms. The van der Waals surface area contributed by atoms with Crippen LogP contribution in [0.1, 0.15) is 49.7 Å². The molecule has 4 heterocycles. The Morgan fingerprint density at radius 3 is 2.44 bits per heavy atom. The normalized spacial score (nSPS) is 12.4. The van der Waals surface area contributed by atoms with Crippen molar-refractivity contribution in [3.05, 3.63) is 87.4 Å². The van der Waals surface area contributed by atoms with Crippen LogP contribution < -0.4 is 15.0 Å². The number of methoxy groups -OCH3 is 1. The highest BCUT2D eigenvalue weighted by Crippen LogP contribution is 2.33. The number of aromatic nitrogens is 5. The van der Waals surface area contributed by atoms with Gasteiger partial charge in [0.05, 0.1) is 24.7 Å². The molecule has 1 N–H and O–H groups in total. The zero-order valence-electron chi connectivity index (χ0n) is 22.1. The van der Waals surface area contributed by atoms with Gasteiger partial charge in [0, 0.05) is 30.2 Å². The summed E-state index contributed by atoms with van der Waals surface area (Å²) in [6.45, 7) is 7.62. The number of pyridine rings is 3. The third-order valence-corrected chi connectivity index (χ3v) is 5.89. The molecular weight excluding hydrogens is 515 g/mol. The van der Waals surface area contributed by atoms with Crippen molar-refractivity contribution >= 4 is 0 Å². The summed E-state index contributed by atoms with van der Waals surface area (Å²) in [4.78, 5) is 29.8. The molecule has 1 atom stereocenters. The number of halogens is 3. The van der Waals surface area contributed by atoms with Crippen molar-refractivity contribution in [3.63, 3.8) is 0 Å². The van der Waals surface area contributed by atoms with Crippen molar-refractivity contribution in [2.75, 3.05) is 7.11 Å². The smallest absolute Gasteiger partial charge is 0.301 e. The Balaban J connectivity index is 1.83. The molecule has 0 radical (unpaired) electrons. The molecule has 0 aliphatic heterocycles. The van der Waals surface area contributed by atoms with Gasteiger partial charge in [-0.2, -0.15) is 0 Å². The van der Waals surface area contributed by atoms with Gasteiger partial charge in [-0.15, -0.1) is 0 Å². The summed E-state index contributed by atoms with van der Waals surface area (Å²) in [5.41, 5.74) is -1.80. The molecule has 0 amide bonds. The maximum Gasteiger partial charge on any atom is 0.301 e. The predicted molar refractivity (Wildman–Crippen MR) is 135 cm³/mol. The van der Waals surface area contributed by atoms with Gasteiger partial charge in [-0.05, 0) is 46.2 Å². The Morgan fingerprint density at radius 2 is 1.79 bits per heavy atom. The average molecular weight is 542 g/mol. The number of hydrogen-bond acceptors (Lipinski definition) is 8. The van der Waals surface area contributed by atoms with Gasteiger partial charge in [-0.1, -0.05) is 0 Å². The fraction of sp³-hybridized carbons (Fsp3) is 0.296. The van der Waals surface area contributed by atoms with Crippen LogP contribution >= 0.6 is 0 Å². The van der Waals surface area contributed by atoms with E-state index in [1.165, 1.54) is 52.4 Å². The molecule has 9 nitrogen and oxygen atoms in total. The van der Waals surface area contributed by atoms with Gasteiger partial charge in [-0.3, -0.25) is 19.3 Å². The second-order valence-corrected chi connectivity index (χ2v) is 9.38. The molecule has 0 fully saturated rings. The van der Waals surface area contributed by atoms with Gasteiger partial charge < -0.3 is 14.6 Å². The standard InChI is InChI=1S/C27H26F3N5O4/c1-13-11-32-22(18-7-8-31-26(34-18)27(4,5)37)20(30)23(13)35-14(2)9-19(24(38-6)25(35)36)39-15(3)21-17(29)10-16(28)12-33-21/h7-12,15,37H,1-6H3. The van der Waals surface area contributed by atoms with Crippen molar-refractivity contribution in [2.45, 2.75) is 46.3 Å². The second kappa shape index (κ2) is 10.4. The van der Waals surface area contributed by atoms with Crippen molar-refractivity contribution < 1.29 is 27.8 Å². The fourth-order valence-corrected chi connectivity index (χ4v) is 4.01. The third-order valence-electron chi connectivity index (χ3n) is 5.89. The van der Waals surface area contributed by atoms with E-state index in [4.69, 9.17) is 9.47 Å². The maximum absolute atomic E-state index is 16.0. The summed E-state index contributed by atoms with van der Waals surface area (Å²) in [6, 6.07) is 3.56. The van der Waals surface area contributed by atoms with Crippen LogP contribution in [0.2, 0.25) is 0 Å².